The van der Waals surface area contributed by atoms with Gasteiger partial charge in [0.2, 0.25) is 0 Å². The summed E-state index contributed by atoms with van der Waals surface area (Å²) in [5.41, 5.74) is 5.99. The summed E-state index contributed by atoms with van der Waals surface area (Å²) in [6.45, 7) is 5.70. The Morgan fingerprint density at radius 1 is 1.10 bits per heavy atom. The molecule has 0 aliphatic carbocycles. The molecule has 0 atom stereocenters. The summed E-state index contributed by atoms with van der Waals surface area (Å²) in [6, 6.07) is 8.37. The molecule has 1 aliphatic heterocycles. The van der Waals surface area contributed by atoms with Gasteiger partial charge in [-0.05, 0) is 26.0 Å². The fourth-order valence-electron chi connectivity index (χ4n) is 2.74. The van der Waals surface area contributed by atoms with Gasteiger partial charge < -0.3 is 15.2 Å². The molecular formula is C15H20N6. The van der Waals surface area contributed by atoms with Crippen molar-refractivity contribution in [2.75, 3.05) is 35.4 Å². The monoisotopic (exact) mass is 284 g/mol. The molecule has 0 spiro atoms. The summed E-state index contributed by atoms with van der Waals surface area (Å²) >= 11 is 0. The Morgan fingerprint density at radius 3 is 2.52 bits per heavy atom. The molecule has 6 nitrogen and oxygen atoms in total. The van der Waals surface area contributed by atoms with Crippen molar-refractivity contribution in [3.63, 3.8) is 0 Å². The number of fused-ring (bicyclic) bond motifs is 1. The predicted molar refractivity (Wildman–Crippen MR) is 86.0 cm³/mol. The van der Waals surface area contributed by atoms with Crippen molar-refractivity contribution in [3.8, 4) is 0 Å². The van der Waals surface area contributed by atoms with E-state index in [-0.39, 0.29) is 0 Å². The van der Waals surface area contributed by atoms with Crippen molar-refractivity contribution in [2.45, 2.75) is 13.8 Å². The standard InChI is InChI=1S/C15H20N6/c1-10-14(19-16)17-11(2)18-15(10)21-9-8-20(3)12-6-4-5-7-13(12)21/h4-7H,8-9,16H2,1-3H3,(H,17,18,19). The minimum Gasteiger partial charge on any atom is -0.371 e. The quantitative estimate of drug-likeness (QED) is 0.649. The molecule has 0 radical (unpaired) electrons. The molecule has 0 bridgehead atoms. The van der Waals surface area contributed by atoms with Crippen LogP contribution < -0.4 is 21.1 Å². The van der Waals surface area contributed by atoms with Crippen LogP contribution in [0.5, 0.6) is 0 Å². The van der Waals surface area contributed by atoms with Crippen molar-refractivity contribution in [1.82, 2.24) is 9.97 Å². The molecule has 2 aromatic rings. The van der Waals surface area contributed by atoms with Crippen molar-refractivity contribution < 1.29 is 0 Å². The number of aromatic nitrogens is 2. The van der Waals surface area contributed by atoms with Gasteiger partial charge in [-0.1, -0.05) is 12.1 Å². The zero-order valence-corrected chi connectivity index (χ0v) is 12.6. The SMILES string of the molecule is Cc1nc(NN)c(C)c(N2CCN(C)c3ccccc32)n1. The lowest BCUT2D eigenvalue weighted by Gasteiger charge is -2.37. The van der Waals surface area contributed by atoms with Crippen LogP contribution in [0, 0.1) is 13.8 Å². The second kappa shape index (κ2) is 5.21. The van der Waals surface area contributed by atoms with Crippen molar-refractivity contribution in [2.24, 2.45) is 5.84 Å². The zero-order valence-electron chi connectivity index (χ0n) is 12.6. The summed E-state index contributed by atoms with van der Waals surface area (Å²) < 4.78 is 0. The van der Waals surface area contributed by atoms with Gasteiger partial charge in [0, 0.05) is 25.7 Å². The Morgan fingerprint density at radius 2 is 1.81 bits per heavy atom. The number of likely N-dealkylation sites (N-methyl/N-ethyl adjacent to an activating group) is 1. The number of aryl methyl sites for hydroxylation is 1. The number of anilines is 4. The Hall–Kier alpha value is -2.34. The third kappa shape index (κ3) is 2.27. The number of hydrogen-bond donors (Lipinski definition) is 2. The fourth-order valence-corrected chi connectivity index (χ4v) is 2.74. The van der Waals surface area contributed by atoms with Gasteiger partial charge in [-0.2, -0.15) is 0 Å². The molecule has 1 aromatic carbocycles. The zero-order chi connectivity index (χ0) is 15.0. The van der Waals surface area contributed by atoms with Crippen LogP contribution in [0.15, 0.2) is 24.3 Å². The van der Waals surface area contributed by atoms with E-state index in [1.807, 2.05) is 13.8 Å². The van der Waals surface area contributed by atoms with Crippen LogP contribution in [-0.4, -0.2) is 30.1 Å². The number of rotatable bonds is 2. The average Bonchev–Trinajstić information content (AvgIpc) is 2.50. The Kier molecular flexibility index (Phi) is 3.39. The van der Waals surface area contributed by atoms with Crippen LogP contribution in [0.25, 0.3) is 0 Å². The molecule has 110 valence electrons. The number of nitrogens with one attached hydrogen (secondary N) is 1. The summed E-state index contributed by atoms with van der Waals surface area (Å²) in [5, 5.41) is 0. The van der Waals surface area contributed by atoms with E-state index in [1.165, 1.54) is 5.69 Å². The van der Waals surface area contributed by atoms with Gasteiger partial charge in [-0.3, -0.25) is 0 Å². The third-order valence-corrected chi connectivity index (χ3v) is 3.87. The number of nitrogens with two attached hydrogens (primary N) is 1. The van der Waals surface area contributed by atoms with E-state index in [4.69, 9.17) is 5.84 Å². The lowest BCUT2D eigenvalue weighted by molar-refractivity contribution is 0.805. The molecule has 0 amide bonds. The van der Waals surface area contributed by atoms with Crippen molar-refractivity contribution in [1.29, 1.82) is 0 Å². The minimum atomic E-state index is 0.675. The molecule has 0 saturated heterocycles. The molecule has 0 fully saturated rings. The molecule has 1 aliphatic rings. The number of nitrogens with zero attached hydrogens (tertiary/aromatic N) is 4. The van der Waals surface area contributed by atoms with Gasteiger partial charge in [-0.15, -0.1) is 0 Å². The Bertz CT molecular complexity index is 669. The Balaban J connectivity index is 2.14. The van der Waals surface area contributed by atoms with E-state index in [0.717, 1.165) is 30.2 Å². The van der Waals surface area contributed by atoms with Gasteiger partial charge in [0.1, 0.15) is 17.5 Å². The Labute approximate surface area is 124 Å². The van der Waals surface area contributed by atoms with Crippen LogP contribution in [0.4, 0.5) is 23.0 Å². The summed E-state index contributed by atoms with van der Waals surface area (Å²) in [4.78, 5) is 13.5. The van der Waals surface area contributed by atoms with Crippen molar-refractivity contribution in [3.05, 3.63) is 35.7 Å². The number of hydrazine groups is 1. The van der Waals surface area contributed by atoms with Gasteiger partial charge in [-0.25, -0.2) is 15.8 Å². The molecular weight excluding hydrogens is 264 g/mol. The van der Waals surface area contributed by atoms with E-state index >= 15 is 0 Å². The van der Waals surface area contributed by atoms with Crippen LogP contribution in [0.2, 0.25) is 0 Å². The van der Waals surface area contributed by atoms with Crippen LogP contribution >= 0.6 is 0 Å². The van der Waals surface area contributed by atoms with Gasteiger partial charge in [0.05, 0.1) is 11.4 Å². The maximum absolute atomic E-state index is 5.57. The predicted octanol–water partition coefficient (Wildman–Crippen LogP) is 1.97. The summed E-state index contributed by atoms with van der Waals surface area (Å²) in [5.74, 6) is 7.86. The minimum absolute atomic E-state index is 0.675. The molecule has 1 aromatic heterocycles. The van der Waals surface area contributed by atoms with E-state index in [1.54, 1.807) is 0 Å². The highest BCUT2D eigenvalue weighted by atomic mass is 15.3. The highest BCUT2D eigenvalue weighted by molar-refractivity contribution is 5.80. The summed E-state index contributed by atoms with van der Waals surface area (Å²) in [6.07, 6.45) is 0. The highest BCUT2D eigenvalue weighted by Crippen LogP contribution is 2.38. The van der Waals surface area contributed by atoms with Crippen molar-refractivity contribution >= 4 is 23.0 Å². The first-order valence-corrected chi connectivity index (χ1v) is 7.01. The number of hydrogen-bond acceptors (Lipinski definition) is 6. The first-order valence-electron chi connectivity index (χ1n) is 7.01. The maximum Gasteiger partial charge on any atom is 0.148 e. The number of benzene rings is 1. The van der Waals surface area contributed by atoms with E-state index < -0.39 is 0 Å². The molecule has 21 heavy (non-hydrogen) atoms. The topological polar surface area (TPSA) is 70.3 Å². The smallest absolute Gasteiger partial charge is 0.148 e. The lowest BCUT2D eigenvalue weighted by atomic mass is 10.1. The van der Waals surface area contributed by atoms with Gasteiger partial charge in [0.25, 0.3) is 0 Å². The van der Waals surface area contributed by atoms with Gasteiger partial charge in [0.15, 0.2) is 0 Å². The molecule has 2 heterocycles. The molecule has 3 rings (SSSR count). The lowest BCUT2D eigenvalue weighted by Crippen LogP contribution is -2.37. The third-order valence-electron chi connectivity index (χ3n) is 3.87. The second-order valence-electron chi connectivity index (χ2n) is 5.27. The van der Waals surface area contributed by atoms with E-state index in [2.05, 4.69) is 56.5 Å². The van der Waals surface area contributed by atoms with Crippen LogP contribution in [-0.2, 0) is 0 Å². The maximum atomic E-state index is 5.57. The molecule has 0 unspecified atom stereocenters. The van der Waals surface area contributed by atoms with Crippen LogP contribution in [0.1, 0.15) is 11.4 Å². The van der Waals surface area contributed by atoms with E-state index in [9.17, 15) is 0 Å². The number of para-hydroxylation sites is 2. The number of nitrogen functional groups attached to an aromatic ring is 1. The first-order chi connectivity index (χ1) is 10.1. The highest BCUT2D eigenvalue weighted by Gasteiger charge is 2.24. The van der Waals surface area contributed by atoms with E-state index in [0.29, 0.717) is 11.6 Å². The molecule has 0 saturated carbocycles. The second-order valence-corrected chi connectivity index (χ2v) is 5.27. The first kappa shape index (κ1) is 13.6. The normalized spacial score (nSPS) is 14.1. The average molecular weight is 284 g/mol. The molecule has 6 heteroatoms. The summed E-state index contributed by atoms with van der Waals surface area (Å²) in [7, 11) is 2.11. The molecule has 3 N–H and O–H groups in total. The van der Waals surface area contributed by atoms with Gasteiger partial charge >= 0.3 is 0 Å². The largest absolute Gasteiger partial charge is 0.371 e. The fraction of sp³-hybridized carbons (Fsp3) is 0.333. The van der Waals surface area contributed by atoms with Crippen LogP contribution in [0.3, 0.4) is 0 Å².